The minimum Gasteiger partial charge on any atom is -0.428 e. The summed E-state index contributed by atoms with van der Waals surface area (Å²) in [4.78, 5) is 13.8. The molecule has 0 fully saturated rings. The summed E-state index contributed by atoms with van der Waals surface area (Å²) in [6.45, 7) is 0. The van der Waals surface area contributed by atoms with Crippen LogP contribution in [-0.2, 0) is 24.3 Å². The van der Waals surface area contributed by atoms with Gasteiger partial charge in [0.1, 0.15) is 23.2 Å². The molecule has 0 saturated carbocycles. The largest absolute Gasteiger partial charge is 0.461 e. The molecule has 1 unspecified atom stereocenters. The summed E-state index contributed by atoms with van der Waals surface area (Å²) in [7, 11) is 0. The topological polar surface area (TPSA) is 92.8 Å². The number of H-pyrrole nitrogens is 1. The van der Waals surface area contributed by atoms with Crippen molar-refractivity contribution >= 4 is 5.91 Å². The van der Waals surface area contributed by atoms with Crippen molar-refractivity contribution in [2.24, 2.45) is 0 Å². The first-order chi connectivity index (χ1) is 24.2. The van der Waals surface area contributed by atoms with Gasteiger partial charge in [0.2, 0.25) is 5.82 Å². The van der Waals surface area contributed by atoms with E-state index in [1.54, 1.807) is 0 Å². The smallest absolute Gasteiger partial charge is 0.428 e. The molecular weight excluding hydrogens is 733 g/mol. The number of carbonyl (C=O) groups excluding carboxylic acids is 1. The first kappa shape index (κ1) is 37.6. The lowest BCUT2D eigenvalue weighted by molar-refractivity contribution is -0.253. The number of rotatable bonds is 10. The number of hydrogen-bond donors (Lipinski definition) is 2. The summed E-state index contributed by atoms with van der Waals surface area (Å²) >= 11 is 0. The molecule has 5 rings (SSSR count). The SMILES string of the molecule is O=C(NC(Cc1ccc(-c2nn[nH]n2)cc1)(c1cc(F)cc(OC(F)(F)C(F)F)c1)c1ccc(F)c(C(F)(F)F)c1)c1ccc(F)c(C(F)(F)F)c1. The van der Waals surface area contributed by atoms with Gasteiger partial charge in [-0.1, -0.05) is 30.3 Å². The van der Waals surface area contributed by atoms with Crippen LogP contribution in [0.4, 0.5) is 57.1 Å². The summed E-state index contributed by atoms with van der Waals surface area (Å²) < 4.78 is 185. The monoisotopic (exact) mass is 751 g/mol. The van der Waals surface area contributed by atoms with E-state index in [0.29, 0.717) is 35.9 Å². The average Bonchev–Trinajstić information content (AvgIpc) is 3.59. The highest BCUT2D eigenvalue weighted by Gasteiger charge is 2.46. The van der Waals surface area contributed by atoms with E-state index in [-0.39, 0.29) is 35.7 Å². The molecule has 0 bridgehead atoms. The summed E-state index contributed by atoms with van der Waals surface area (Å²) in [5, 5.41) is 15.3. The third-order valence-corrected chi connectivity index (χ3v) is 7.52. The Labute approximate surface area is 282 Å². The minimum absolute atomic E-state index is 0.0326. The van der Waals surface area contributed by atoms with Crippen LogP contribution in [0.5, 0.6) is 5.75 Å². The normalized spacial score (nSPS) is 13.6. The van der Waals surface area contributed by atoms with Crippen LogP contribution in [0.15, 0.2) is 78.9 Å². The molecule has 1 amide bonds. The highest BCUT2D eigenvalue weighted by Crippen LogP contribution is 2.41. The van der Waals surface area contributed by atoms with E-state index < -0.39 is 93.8 Å². The first-order valence-electron chi connectivity index (χ1n) is 14.2. The van der Waals surface area contributed by atoms with Gasteiger partial charge in [-0.2, -0.15) is 49.1 Å². The molecule has 0 aliphatic rings. The summed E-state index contributed by atoms with van der Waals surface area (Å²) in [5.41, 5.74) is -8.74. The molecule has 0 aliphatic carbocycles. The zero-order valence-corrected chi connectivity index (χ0v) is 25.4. The fraction of sp³-hybridized carbons (Fsp3) is 0.188. The zero-order valence-electron chi connectivity index (χ0n) is 25.4. The molecule has 1 aromatic heterocycles. The summed E-state index contributed by atoms with van der Waals surface area (Å²) in [5.74, 6) is -8.01. The van der Waals surface area contributed by atoms with Crippen LogP contribution in [-0.4, -0.2) is 39.1 Å². The van der Waals surface area contributed by atoms with Crippen LogP contribution in [0.1, 0.15) is 38.2 Å². The van der Waals surface area contributed by atoms with Gasteiger partial charge in [-0.3, -0.25) is 4.79 Å². The molecule has 274 valence electrons. The highest BCUT2D eigenvalue weighted by atomic mass is 19.4. The molecule has 2 N–H and O–H groups in total. The third-order valence-electron chi connectivity index (χ3n) is 7.52. The van der Waals surface area contributed by atoms with E-state index in [1.165, 1.54) is 24.3 Å². The van der Waals surface area contributed by atoms with Gasteiger partial charge in [0.05, 0.1) is 16.7 Å². The first-order valence-corrected chi connectivity index (χ1v) is 14.2. The van der Waals surface area contributed by atoms with E-state index in [0.717, 1.165) is 0 Å². The van der Waals surface area contributed by atoms with Crippen LogP contribution in [0, 0.1) is 17.5 Å². The van der Waals surface area contributed by atoms with Crippen LogP contribution in [0.2, 0.25) is 0 Å². The standard InChI is InChI=1S/C32H18F13N5O2/c33-20-10-19(11-21(13-20)52-32(44,45)28(36)37)29(18-6-8-25(35)23(12-18)31(41,42)43,14-15-1-3-16(4-2-15)26-47-49-50-48-26)46-27(51)17-5-7-24(34)22(9-17)30(38,39)40/h1-13,28H,14H2,(H,46,51)(H,47,48,49,50). The van der Waals surface area contributed by atoms with E-state index in [4.69, 9.17) is 0 Å². The number of ether oxygens (including phenoxy) is 1. The fourth-order valence-electron chi connectivity index (χ4n) is 5.15. The molecule has 1 atom stereocenters. The number of halogens is 13. The number of aromatic nitrogens is 4. The lowest BCUT2D eigenvalue weighted by Crippen LogP contribution is -2.49. The molecule has 0 saturated heterocycles. The van der Waals surface area contributed by atoms with Crippen molar-refractivity contribution in [1.82, 2.24) is 25.9 Å². The van der Waals surface area contributed by atoms with Crippen molar-refractivity contribution < 1.29 is 66.6 Å². The number of carbonyl (C=O) groups is 1. The number of benzene rings is 4. The Hall–Kier alpha value is -5.69. The minimum atomic E-state index is -5.42. The van der Waals surface area contributed by atoms with Crippen molar-refractivity contribution in [1.29, 1.82) is 0 Å². The van der Waals surface area contributed by atoms with E-state index in [9.17, 15) is 57.5 Å². The second kappa shape index (κ2) is 13.8. The maximum atomic E-state index is 15.2. The van der Waals surface area contributed by atoms with Crippen LogP contribution < -0.4 is 10.1 Å². The van der Waals surface area contributed by atoms with Crippen molar-refractivity contribution in [2.75, 3.05) is 0 Å². The quantitative estimate of drug-likeness (QED) is 0.140. The third kappa shape index (κ3) is 7.94. The van der Waals surface area contributed by atoms with Crippen molar-refractivity contribution in [2.45, 2.75) is 36.8 Å². The maximum Gasteiger partial charge on any atom is 0.461 e. The van der Waals surface area contributed by atoms with Gasteiger partial charge in [0.25, 0.3) is 5.91 Å². The Kier molecular flexibility index (Phi) is 9.96. The predicted molar refractivity (Wildman–Crippen MR) is 152 cm³/mol. The van der Waals surface area contributed by atoms with Gasteiger partial charge in [-0.25, -0.2) is 13.2 Å². The zero-order chi connectivity index (χ0) is 38.2. The van der Waals surface area contributed by atoms with Gasteiger partial charge in [0, 0.05) is 23.6 Å². The molecule has 4 aromatic carbocycles. The lowest BCUT2D eigenvalue weighted by Gasteiger charge is -2.37. The van der Waals surface area contributed by atoms with Gasteiger partial charge in [-0.15, -0.1) is 10.2 Å². The Balaban J connectivity index is 1.79. The average molecular weight is 752 g/mol. The second-order valence-electron chi connectivity index (χ2n) is 11.0. The highest BCUT2D eigenvalue weighted by molar-refractivity contribution is 5.95. The number of amides is 1. The summed E-state index contributed by atoms with van der Waals surface area (Å²) in [6, 6.07) is 8.39. The Morgan fingerprint density at radius 3 is 1.94 bits per heavy atom. The van der Waals surface area contributed by atoms with Gasteiger partial charge in [0.15, 0.2) is 0 Å². The van der Waals surface area contributed by atoms with E-state index >= 15 is 4.39 Å². The lowest BCUT2D eigenvalue weighted by atomic mass is 9.76. The fourth-order valence-corrected chi connectivity index (χ4v) is 5.15. The molecule has 7 nitrogen and oxygen atoms in total. The molecule has 0 radical (unpaired) electrons. The van der Waals surface area contributed by atoms with Gasteiger partial charge >= 0.3 is 24.9 Å². The Morgan fingerprint density at radius 1 is 0.750 bits per heavy atom. The number of nitrogens with zero attached hydrogens (tertiary/aromatic N) is 3. The number of aromatic amines is 1. The van der Waals surface area contributed by atoms with Crippen molar-refractivity contribution in [3.05, 3.63) is 130 Å². The predicted octanol–water partition coefficient (Wildman–Crippen LogP) is 8.47. The van der Waals surface area contributed by atoms with E-state index in [2.05, 4.69) is 30.7 Å². The second-order valence-corrected chi connectivity index (χ2v) is 11.0. The molecule has 20 heteroatoms. The van der Waals surface area contributed by atoms with Crippen molar-refractivity contribution in [3.8, 4) is 17.1 Å². The molecule has 52 heavy (non-hydrogen) atoms. The number of tetrazole rings is 1. The Morgan fingerprint density at radius 2 is 1.37 bits per heavy atom. The molecule has 0 aliphatic heterocycles. The summed E-state index contributed by atoms with van der Waals surface area (Å²) in [6.07, 6.45) is -21.3. The Bertz CT molecular complexity index is 2070. The number of hydrogen-bond acceptors (Lipinski definition) is 5. The van der Waals surface area contributed by atoms with Gasteiger partial charge in [-0.05, 0) is 64.4 Å². The van der Waals surface area contributed by atoms with Gasteiger partial charge < -0.3 is 10.1 Å². The van der Waals surface area contributed by atoms with Crippen LogP contribution >= 0.6 is 0 Å². The molecule has 5 aromatic rings. The molecule has 0 spiro atoms. The number of alkyl halides is 10. The molecule has 1 heterocycles. The van der Waals surface area contributed by atoms with Crippen LogP contribution in [0.25, 0.3) is 11.4 Å². The van der Waals surface area contributed by atoms with Crippen molar-refractivity contribution in [3.63, 3.8) is 0 Å². The maximum absolute atomic E-state index is 15.2. The number of nitrogens with one attached hydrogen (secondary N) is 2. The van der Waals surface area contributed by atoms with E-state index in [1.807, 2.05) is 0 Å². The van der Waals surface area contributed by atoms with Crippen LogP contribution in [0.3, 0.4) is 0 Å². The molecular formula is C32H18F13N5O2.